The van der Waals surface area contributed by atoms with Crippen molar-refractivity contribution in [1.82, 2.24) is 4.90 Å². The Morgan fingerprint density at radius 2 is 1.67 bits per heavy atom. The van der Waals surface area contributed by atoms with E-state index in [9.17, 15) is 18.0 Å². The summed E-state index contributed by atoms with van der Waals surface area (Å²) in [5, 5.41) is 0.0294. The summed E-state index contributed by atoms with van der Waals surface area (Å²) < 4.78 is 70.2. The molecule has 0 spiro atoms. The van der Waals surface area contributed by atoms with E-state index in [1.165, 1.54) is 38.5 Å². The Labute approximate surface area is 222 Å². The molecule has 0 atom stereocenters. The van der Waals surface area contributed by atoms with E-state index in [2.05, 4.69) is 0 Å². The predicted octanol–water partition coefficient (Wildman–Crippen LogP) is 5.90. The normalized spacial score (nSPS) is 13.6. The molecule has 0 aliphatic carbocycles. The Morgan fingerprint density at radius 3 is 2.38 bits per heavy atom. The van der Waals surface area contributed by atoms with E-state index in [1.54, 1.807) is 13.2 Å². The van der Waals surface area contributed by atoms with E-state index in [0.717, 1.165) is 11.3 Å². The number of hydrogen-bond donors (Lipinski definition) is 0. The first-order valence-corrected chi connectivity index (χ1v) is 12.1. The minimum Gasteiger partial charge on any atom is -0.496 e. The zero-order chi connectivity index (χ0) is 27.7. The summed E-state index contributed by atoms with van der Waals surface area (Å²) in [6.45, 7) is 1.04. The van der Waals surface area contributed by atoms with Crippen molar-refractivity contribution in [3.8, 4) is 34.1 Å². The van der Waals surface area contributed by atoms with Crippen LogP contribution in [0.5, 0.6) is 23.0 Å². The molecule has 0 unspecified atom stereocenters. The Kier molecular flexibility index (Phi) is 7.14. The zero-order valence-electron chi connectivity index (χ0n) is 21.6. The predicted molar refractivity (Wildman–Crippen MR) is 139 cm³/mol. The average molecular weight is 542 g/mol. The maximum absolute atomic E-state index is 14.3. The van der Waals surface area contributed by atoms with Gasteiger partial charge in [0.15, 0.2) is 11.5 Å². The highest BCUT2D eigenvalue weighted by molar-refractivity contribution is 5.87. The third-order valence-corrected chi connectivity index (χ3v) is 6.72. The molecule has 0 amide bonds. The molecule has 2 heterocycles. The monoisotopic (exact) mass is 541 g/mol. The molecule has 4 aromatic rings. The van der Waals surface area contributed by atoms with Crippen LogP contribution in [0.4, 0.5) is 13.2 Å². The van der Waals surface area contributed by atoms with Crippen molar-refractivity contribution in [2.45, 2.75) is 19.1 Å². The molecule has 0 saturated carbocycles. The van der Waals surface area contributed by atoms with Crippen molar-refractivity contribution in [2.75, 3.05) is 34.6 Å². The average Bonchev–Trinajstić information content (AvgIpc) is 2.95. The van der Waals surface area contributed by atoms with Crippen molar-refractivity contribution in [1.29, 1.82) is 0 Å². The highest BCUT2D eigenvalue weighted by atomic mass is 19.4. The van der Waals surface area contributed by atoms with Crippen LogP contribution >= 0.6 is 0 Å². The van der Waals surface area contributed by atoms with Crippen LogP contribution in [0.2, 0.25) is 0 Å². The fourth-order valence-corrected chi connectivity index (χ4v) is 4.80. The van der Waals surface area contributed by atoms with Crippen LogP contribution in [-0.2, 0) is 19.1 Å². The lowest BCUT2D eigenvalue weighted by Gasteiger charge is -2.29. The Bertz CT molecular complexity index is 1580. The van der Waals surface area contributed by atoms with E-state index < -0.39 is 22.9 Å². The van der Waals surface area contributed by atoms with Gasteiger partial charge in [-0.15, -0.1) is 0 Å². The molecule has 1 aliphatic rings. The SMILES string of the molecule is COc1ccccc1CCN1COc2ccc3c(=O)c(-c4ccc(OC)c(OC)c4)c(C(F)(F)F)oc3c2C1. The largest absolute Gasteiger partial charge is 0.496 e. The van der Waals surface area contributed by atoms with Crippen LogP contribution in [0.1, 0.15) is 16.9 Å². The first-order chi connectivity index (χ1) is 18.7. The fraction of sp³-hybridized carbons (Fsp3) is 0.276. The number of nitrogens with zero attached hydrogens (tertiary/aromatic N) is 1. The minimum atomic E-state index is -4.93. The van der Waals surface area contributed by atoms with E-state index in [0.29, 0.717) is 30.0 Å². The number of rotatable bonds is 7. The number of hydrogen-bond acceptors (Lipinski definition) is 7. The molecule has 0 fully saturated rings. The third kappa shape index (κ3) is 4.99. The summed E-state index contributed by atoms with van der Waals surface area (Å²) in [4.78, 5) is 15.5. The lowest BCUT2D eigenvalue weighted by Crippen LogP contribution is -2.34. The van der Waals surface area contributed by atoms with Crippen molar-refractivity contribution in [2.24, 2.45) is 0 Å². The summed E-state index contributed by atoms with van der Waals surface area (Å²) in [5.74, 6) is 0.259. The summed E-state index contributed by atoms with van der Waals surface area (Å²) in [6, 6.07) is 14.8. The summed E-state index contributed by atoms with van der Waals surface area (Å²) in [7, 11) is 4.37. The maximum atomic E-state index is 14.3. The van der Waals surface area contributed by atoms with Crippen molar-refractivity contribution in [3.63, 3.8) is 0 Å². The second-order valence-corrected chi connectivity index (χ2v) is 9.01. The lowest BCUT2D eigenvalue weighted by atomic mass is 9.99. The molecular formula is C29H26F3NO6. The topological polar surface area (TPSA) is 70.4 Å². The molecule has 0 saturated heterocycles. The second kappa shape index (κ2) is 10.5. The van der Waals surface area contributed by atoms with Crippen LogP contribution in [0, 0.1) is 0 Å². The van der Waals surface area contributed by atoms with Crippen molar-refractivity contribution < 1.29 is 36.5 Å². The molecule has 39 heavy (non-hydrogen) atoms. The molecule has 204 valence electrons. The molecule has 10 heteroatoms. The fourth-order valence-electron chi connectivity index (χ4n) is 4.80. The van der Waals surface area contributed by atoms with E-state index in [-0.39, 0.29) is 35.6 Å². The number of alkyl halides is 3. The van der Waals surface area contributed by atoms with Gasteiger partial charge in [0.05, 0.1) is 37.8 Å². The molecule has 3 aromatic carbocycles. The van der Waals surface area contributed by atoms with Gasteiger partial charge in [0.2, 0.25) is 11.2 Å². The first kappa shape index (κ1) is 26.4. The number of methoxy groups -OCH3 is 3. The zero-order valence-corrected chi connectivity index (χ0v) is 21.6. The molecule has 0 N–H and O–H groups in total. The summed E-state index contributed by atoms with van der Waals surface area (Å²) >= 11 is 0. The van der Waals surface area contributed by atoms with Crippen LogP contribution < -0.4 is 24.4 Å². The van der Waals surface area contributed by atoms with Crippen LogP contribution in [0.3, 0.4) is 0 Å². The molecular weight excluding hydrogens is 515 g/mol. The van der Waals surface area contributed by atoms with Gasteiger partial charge in [-0.05, 0) is 47.9 Å². The van der Waals surface area contributed by atoms with Crippen molar-refractivity contribution in [3.05, 3.63) is 81.7 Å². The Balaban J connectivity index is 1.57. The standard InChI is InChI=1S/C29H26F3NO6/c1-35-21-7-5-4-6-17(21)12-13-33-15-20-22(38-16-33)11-9-19-26(34)25(28(29(30,31)32)39-27(19)20)18-8-10-23(36-2)24(14-18)37-3/h4-11,14H,12-13,15-16H2,1-3H3. The highest BCUT2D eigenvalue weighted by Crippen LogP contribution is 2.41. The molecule has 7 nitrogen and oxygen atoms in total. The molecule has 5 rings (SSSR count). The van der Waals surface area contributed by atoms with Crippen LogP contribution in [0.25, 0.3) is 22.1 Å². The summed E-state index contributed by atoms with van der Waals surface area (Å²) in [5.41, 5.74) is -0.154. The van der Waals surface area contributed by atoms with Gasteiger partial charge in [-0.2, -0.15) is 13.2 Å². The van der Waals surface area contributed by atoms with Gasteiger partial charge in [0, 0.05) is 13.1 Å². The minimum absolute atomic E-state index is 0.00281. The number of halogens is 3. The van der Waals surface area contributed by atoms with Crippen molar-refractivity contribution >= 4 is 11.0 Å². The van der Waals surface area contributed by atoms with Gasteiger partial charge in [-0.3, -0.25) is 9.69 Å². The summed E-state index contributed by atoms with van der Waals surface area (Å²) in [6.07, 6.45) is -4.30. The van der Waals surface area contributed by atoms with E-state index in [4.69, 9.17) is 23.4 Å². The number of para-hydroxylation sites is 1. The van der Waals surface area contributed by atoms with E-state index in [1.807, 2.05) is 29.2 Å². The van der Waals surface area contributed by atoms with Crippen LogP contribution in [-0.4, -0.2) is 39.5 Å². The van der Waals surface area contributed by atoms with Gasteiger partial charge in [-0.1, -0.05) is 24.3 Å². The van der Waals surface area contributed by atoms with Gasteiger partial charge < -0.3 is 23.4 Å². The number of fused-ring (bicyclic) bond motifs is 3. The van der Waals surface area contributed by atoms with Gasteiger partial charge >= 0.3 is 6.18 Å². The molecule has 0 radical (unpaired) electrons. The maximum Gasteiger partial charge on any atom is 0.450 e. The lowest BCUT2D eigenvalue weighted by molar-refractivity contribution is -0.152. The highest BCUT2D eigenvalue weighted by Gasteiger charge is 2.40. The quantitative estimate of drug-likeness (QED) is 0.289. The number of ether oxygens (including phenoxy) is 4. The van der Waals surface area contributed by atoms with Gasteiger partial charge in [0.25, 0.3) is 0 Å². The van der Waals surface area contributed by atoms with Gasteiger partial charge in [-0.25, -0.2) is 0 Å². The molecule has 1 aromatic heterocycles. The number of benzene rings is 3. The Hall–Kier alpha value is -4.18. The third-order valence-electron chi connectivity index (χ3n) is 6.72. The smallest absolute Gasteiger partial charge is 0.450 e. The van der Waals surface area contributed by atoms with Crippen LogP contribution in [0.15, 0.2) is 63.8 Å². The molecule has 0 bridgehead atoms. The second-order valence-electron chi connectivity index (χ2n) is 9.01. The van der Waals surface area contributed by atoms with Gasteiger partial charge in [0.1, 0.15) is 23.8 Å². The molecule has 1 aliphatic heterocycles. The Morgan fingerprint density at radius 1 is 0.923 bits per heavy atom. The van der Waals surface area contributed by atoms with E-state index >= 15 is 0 Å². The first-order valence-electron chi connectivity index (χ1n) is 12.1.